The molecule has 0 radical (unpaired) electrons. The molecule has 1 aromatic heterocycles. The van der Waals surface area contributed by atoms with Crippen LogP contribution < -0.4 is 20.5 Å². The molecule has 0 aliphatic heterocycles. The number of aromatic nitrogens is 1. The zero-order valence-electron chi connectivity index (χ0n) is 11.6. The molecule has 0 spiro atoms. The minimum atomic E-state index is -1.08. The molecule has 21 heavy (non-hydrogen) atoms. The Morgan fingerprint density at radius 2 is 1.90 bits per heavy atom. The van der Waals surface area contributed by atoms with Gasteiger partial charge in [-0.2, -0.15) is 0 Å². The Morgan fingerprint density at radius 1 is 1.24 bits per heavy atom. The highest BCUT2D eigenvalue weighted by molar-refractivity contribution is 5.96. The lowest BCUT2D eigenvalue weighted by molar-refractivity contribution is 0.0697. The normalized spacial score (nSPS) is 10.0. The van der Waals surface area contributed by atoms with Crippen LogP contribution in [0, 0.1) is 0 Å². The topological polar surface area (TPSA) is 107 Å². The van der Waals surface area contributed by atoms with E-state index in [2.05, 4.69) is 10.3 Å². The lowest BCUT2D eigenvalue weighted by atomic mass is 10.1. The first-order valence-corrected chi connectivity index (χ1v) is 6.03. The first kappa shape index (κ1) is 14.4. The third-order valence-electron chi connectivity index (χ3n) is 2.82. The molecular formula is C14H15N3O4. The number of carboxylic acid groups (broad SMARTS) is 1. The van der Waals surface area contributed by atoms with Gasteiger partial charge in [-0.3, -0.25) is 0 Å². The zero-order chi connectivity index (χ0) is 15.4. The molecule has 0 amide bonds. The molecule has 7 heteroatoms. The maximum atomic E-state index is 11.4. The van der Waals surface area contributed by atoms with Crippen LogP contribution >= 0.6 is 0 Å². The van der Waals surface area contributed by atoms with Crippen molar-refractivity contribution in [1.82, 2.24) is 4.98 Å². The van der Waals surface area contributed by atoms with Gasteiger partial charge < -0.3 is 25.6 Å². The molecule has 4 N–H and O–H groups in total. The number of hydrogen-bond acceptors (Lipinski definition) is 6. The summed E-state index contributed by atoms with van der Waals surface area (Å²) in [6.45, 7) is 0. The highest BCUT2D eigenvalue weighted by Gasteiger charge is 2.16. The Morgan fingerprint density at radius 3 is 2.43 bits per heavy atom. The van der Waals surface area contributed by atoms with E-state index in [0.29, 0.717) is 28.7 Å². The SMILES string of the molecule is COc1cc(Nc2ccc(N)nc2)c(C(=O)O)cc1OC. The molecule has 7 nitrogen and oxygen atoms in total. The minimum Gasteiger partial charge on any atom is -0.493 e. The van der Waals surface area contributed by atoms with Crippen molar-refractivity contribution in [3.8, 4) is 11.5 Å². The molecule has 1 aromatic carbocycles. The van der Waals surface area contributed by atoms with Gasteiger partial charge in [0.2, 0.25) is 0 Å². The number of pyridine rings is 1. The van der Waals surface area contributed by atoms with E-state index in [-0.39, 0.29) is 5.56 Å². The molecule has 0 bridgehead atoms. The molecule has 0 unspecified atom stereocenters. The van der Waals surface area contributed by atoms with Gasteiger partial charge in [0.15, 0.2) is 11.5 Å². The Hall–Kier alpha value is -2.96. The van der Waals surface area contributed by atoms with E-state index in [1.54, 1.807) is 18.2 Å². The van der Waals surface area contributed by atoms with Crippen LogP contribution in [-0.4, -0.2) is 30.3 Å². The van der Waals surface area contributed by atoms with E-state index >= 15 is 0 Å². The van der Waals surface area contributed by atoms with Crippen molar-refractivity contribution in [2.24, 2.45) is 0 Å². The van der Waals surface area contributed by atoms with Crippen molar-refractivity contribution in [1.29, 1.82) is 0 Å². The number of nitrogens with one attached hydrogen (secondary N) is 1. The van der Waals surface area contributed by atoms with Crippen LogP contribution in [0.3, 0.4) is 0 Å². The quantitative estimate of drug-likeness (QED) is 0.773. The maximum absolute atomic E-state index is 11.4. The zero-order valence-corrected chi connectivity index (χ0v) is 11.6. The van der Waals surface area contributed by atoms with Gasteiger partial charge >= 0.3 is 5.97 Å². The first-order chi connectivity index (χ1) is 10.0. The summed E-state index contributed by atoms with van der Waals surface area (Å²) >= 11 is 0. The Balaban J connectivity index is 2.45. The van der Waals surface area contributed by atoms with Gasteiger partial charge in [0.05, 0.1) is 37.4 Å². The third-order valence-corrected chi connectivity index (χ3v) is 2.82. The molecule has 2 rings (SSSR count). The molecule has 0 fully saturated rings. The van der Waals surface area contributed by atoms with E-state index in [4.69, 9.17) is 15.2 Å². The Labute approximate surface area is 121 Å². The molecule has 0 aliphatic carbocycles. The van der Waals surface area contributed by atoms with Gasteiger partial charge in [-0.05, 0) is 12.1 Å². The van der Waals surface area contributed by atoms with E-state index < -0.39 is 5.97 Å². The maximum Gasteiger partial charge on any atom is 0.337 e. The smallest absolute Gasteiger partial charge is 0.337 e. The predicted molar refractivity (Wildman–Crippen MR) is 78.4 cm³/mol. The number of nitrogens with two attached hydrogens (primary N) is 1. The largest absolute Gasteiger partial charge is 0.493 e. The fourth-order valence-corrected chi connectivity index (χ4v) is 1.79. The fourth-order valence-electron chi connectivity index (χ4n) is 1.79. The number of carboxylic acids is 1. The average molecular weight is 289 g/mol. The van der Waals surface area contributed by atoms with Crippen LogP contribution in [0.5, 0.6) is 11.5 Å². The van der Waals surface area contributed by atoms with Crippen LogP contribution in [0.4, 0.5) is 17.2 Å². The molecule has 0 atom stereocenters. The third kappa shape index (κ3) is 3.14. The van der Waals surface area contributed by atoms with Crippen molar-refractivity contribution in [2.45, 2.75) is 0 Å². The average Bonchev–Trinajstić information content (AvgIpc) is 2.48. The second kappa shape index (κ2) is 6.00. The first-order valence-electron chi connectivity index (χ1n) is 6.03. The standard InChI is InChI=1S/C14H15N3O4/c1-20-11-5-9(14(18)19)10(6-12(11)21-2)17-8-3-4-13(15)16-7-8/h3-7,17H,1-2H3,(H2,15,16)(H,18,19). The van der Waals surface area contributed by atoms with Crippen LogP contribution in [0.25, 0.3) is 0 Å². The van der Waals surface area contributed by atoms with Crippen molar-refractivity contribution < 1.29 is 19.4 Å². The lowest BCUT2D eigenvalue weighted by Crippen LogP contribution is -2.05. The van der Waals surface area contributed by atoms with Crippen molar-refractivity contribution in [2.75, 3.05) is 25.3 Å². The van der Waals surface area contributed by atoms with Crippen LogP contribution in [0.15, 0.2) is 30.5 Å². The van der Waals surface area contributed by atoms with E-state index in [1.165, 1.54) is 26.5 Å². The summed E-state index contributed by atoms with van der Waals surface area (Å²) in [7, 11) is 2.92. The molecule has 110 valence electrons. The number of carbonyl (C=O) groups is 1. The number of nitrogen functional groups attached to an aromatic ring is 1. The summed E-state index contributed by atoms with van der Waals surface area (Å²) in [4.78, 5) is 15.3. The summed E-state index contributed by atoms with van der Waals surface area (Å²) in [5.41, 5.74) is 6.55. The van der Waals surface area contributed by atoms with Crippen LogP contribution in [0.2, 0.25) is 0 Å². The summed E-state index contributed by atoms with van der Waals surface area (Å²) in [5, 5.41) is 12.3. The van der Waals surface area contributed by atoms with Crippen molar-refractivity contribution in [3.63, 3.8) is 0 Å². The monoisotopic (exact) mass is 289 g/mol. The van der Waals surface area contributed by atoms with Gasteiger partial charge in [0.25, 0.3) is 0 Å². The number of benzene rings is 1. The molecular weight excluding hydrogens is 274 g/mol. The van der Waals surface area contributed by atoms with Crippen molar-refractivity contribution >= 4 is 23.2 Å². The minimum absolute atomic E-state index is 0.0597. The number of hydrogen-bond donors (Lipinski definition) is 3. The molecule has 1 heterocycles. The second-order valence-corrected chi connectivity index (χ2v) is 4.15. The van der Waals surface area contributed by atoms with Gasteiger partial charge in [-0.25, -0.2) is 9.78 Å². The molecule has 0 saturated heterocycles. The van der Waals surface area contributed by atoms with E-state index in [9.17, 15) is 9.90 Å². The highest BCUT2D eigenvalue weighted by Crippen LogP contribution is 2.34. The highest BCUT2D eigenvalue weighted by atomic mass is 16.5. The van der Waals surface area contributed by atoms with Gasteiger partial charge in [-0.1, -0.05) is 0 Å². The van der Waals surface area contributed by atoms with E-state index in [1.807, 2.05) is 0 Å². The summed E-state index contributed by atoms with van der Waals surface area (Å²) in [6.07, 6.45) is 1.51. The number of aromatic carboxylic acids is 1. The predicted octanol–water partition coefficient (Wildman–Crippen LogP) is 2.12. The number of anilines is 3. The summed E-state index contributed by atoms with van der Waals surface area (Å²) in [5.74, 6) is 0.0671. The number of ether oxygens (including phenoxy) is 2. The van der Waals surface area contributed by atoms with Crippen LogP contribution in [0.1, 0.15) is 10.4 Å². The van der Waals surface area contributed by atoms with Crippen LogP contribution in [-0.2, 0) is 0 Å². The van der Waals surface area contributed by atoms with E-state index in [0.717, 1.165) is 0 Å². The Bertz CT molecular complexity index is 656. The number of rotatable bonds is 5. The molecule has 0 saturated carbocycles. The summed E-state index contributed by atoms with van der Waals surface area (Å²) < 4.78 is 10.3. The van der Waals surface area contributed by atoms with Gasteiger partial charge in [0, 0.05) is 12.1 Å². The molecule has 2 aromatic rings. The number of methoxy groups -OCH3 is 2. The Kier molecular flexibility index (Phi) is 4.13. The lowest BCUT2D eigenvalue weighted by Gasteiger charge is -2.14. The van der Waals surface area contributed by atoms with Gasteiger partial charge in [-0.15, -0.1) is 0 Å². The second-order valence-electron chi connectivity index (χ2n) is 4.15. The summed E-state index contributed by atoms with van der Waals surface area (Å²) in [6, 6.07) is 6.26. The molecule has 0 aliphatic rings. The fraction of sp³-hybridized carbons (Fsp3) is 0.143. The number of nitrogens with zero attached hydrogens (tertiary/aromatic N) is 1. The van der Waals surface area contributed by atoms with Gasteiger partial charge in [0.1, 0.15) is 5.82 Å². The van der Waals surface area contributed by atoms with Crippen molar-refractivity contribution in [3.05, 3.63) is 36.0 Å².